The molecule has 24 heavy (non-hydrogen) atoms. The van der Waals surface area contributed by atoms with E-state index in [4.69, 9.17) is 4.74 Å². The molecule has 1 heterocycles. The quantitative estimate of drug-likeness (QED) is 0.572. The summed E-state index contributed by atoms with van der Waals surface area (Å²) in [6.07, 6.45) is 3.94. The van der Waals surface area contributed by atoms with Gasteiger partial charge in [0, 0.05) is 12.6 Å². The van der Waals surface area contributed by atoms with Crippen molar-refractivity contribution in [2.45, 2.75) is 38.8 Å². The maximum absolute atomic E-state index is 5.92. The molecule has 0 amide bonds. The van der Waals surface area contributed by atoms with Crippen molar-refractivity contribution in [1.29, 1.82) is 0 Å². The van der Waals surface area contributed by atoms with E-state index in [0.29, 0.717) is 5.19 Å². The second-order valence-electron chi connectivity index (χ2n) is 6.40. The van der Waals surface area contributed by atoms with Crippen LogP contribution < -0.4 is 4.74 Å². The zero-order valence-corrected chi connectivity index (χ0v) is 14.8. The largest absolute Gasteiger partial charge is 0.431 e. The molecule has 3 nitrogen and oxygen atoms in total. The van der Waals surface area contributed by atoms with Gasteiger partial charge in [-0.3, -0.25) is 4.90 Å². The Kier molecular flexibility index (Phi) is 4.50. The summed E-state index contributed by atoms with van der Waals surface area (Å²) in [6.45, 7) is 4.48. The Morgan fingerprint density at radius 2 is 1.92 bits per heavy atom. The van der Waals surface area contributed by atoms with Gasteiger partial charge in [-0.1, -0.05) is 42.5 Å². The molecule has 124 valence electrons. The molecule has 1 saturated carbocycles. The van der Waals surface area contributed by atoms with Crippen molar-refractivity contribution < 1.29 is 4.74 Å². The van der Waals surface area contributed by atoms with Gasteiger partial charge in [0.05, 0.1) is 10.2 Å². The Hall–Kier alpha value is -1.91. The molecule has 0 aliphatic heterocycles. The van der Waals surface area contributed by atoms with Crippen molar-refractivity contribution in [2.24, 2.45) is 0 Å². The van der Waals surface area contributed by atoms with Gasteiger partial charge in [0.25, 0.3) is 5.19 Å². The third-order valence-electron chi connectivity index (χ3n) is 4.36. The van der Waals surface area contributed by atoms with Crippen LogP contribution in [-0.4, -0.2) is 22.5 Å². The highest BCUT2D eigenvalue weighted by Gasteiger charge is 2.28. The highest BCUT2D eigenvalue weighted by molar-refractivity contribution is 7.20. The van der Waals surface area contributed by atoms with Crippen molar-refractivity contribution in [3.63, 3.8) is 0 Å². The smallest absolute Gasteiger partial charge is 0.279 e. The molecule has 4 heteroatoms. The van der Waals surface area contributed by atoms with Crippen LogP contribution in [0.4, 0.5) is 0 Å². The van der Waals surface area contributed by atoms with Crippen LogP contribution in [-0.2, 0) is 6.54 Å². The van der Waals surface area contributed by atoms with Crippen LogP contribution in [0.5, 0.6) is 10.9 Å². The van der Waals surface area contributed by atoms with Gasteiger partial charge >= 0.3 is 0 Å². The van der Waals surface area contributed by atoms with Crippen molar-refractivity contribution in [1.82, 2.24) is 9.88 Å². The standard InChI is InChI=1S/C20H22N2OS/c1-2-13-22(16-9-10-16)14-15-7-11-17(12-8-15)23-20-21-18-5-3-4-6-19(18)24-20/h3-8,11-12,16H,2,9-10,13-14H2,1H3. The van der Waals surface area contributed by atoms with Gasteiger partial charge in [-0.05, 0) is 55.6 Å². The topological polar surface area (TPSA) is 25.4 Å². The third-order valence-corrected chi connectivity index (χ3v) is 5.28. The first kappa shape index (κ1) is 15.6. The average Bonchev–Trinajstić information content (AvgIpc) is 3.36. The minimum absolute atomic E-state index is 0.703. The zero-order chi connectivity index (χ0) is 16.4. The van der Waals surface area contributed by atoms with E-state index in [1.165, 1.54) is 31.4 Å². The predicted molar refractivity (Wildman–Crippen MR) is 99.9 cm³/mol. The fourth-order valence-corrected chi connectivity index (χ4v) is 3.85. The van der Waals surface area contributed by atoms with Crippen LogP contribution in [0.3, 0.4) is 0 Å². The number of para-hydroxylation sites is 1. The van der Waals surface area contributed by atoms with Crippen molar-refractivity contribution in [3.8, 4) is 10.9 Å². The molecular weight excluding hydrogens is 316 g/mol. The molecule has 1 fully saturated rings. The van der Waals surface area contributed by atoms with Gasteiger partial charge < -0.3 is 4.74 Å². The maximum atomic E-state index is 5.92. The lowest BCUT2D eigenvalue weighted by molar-refractivity contribution is 0.255. The number of thiazole rings is 1. The number of aromatic nitrogens is 1. The lowest BCUT2D eigenvalue weighted by atomic mass is 10.2. The molecule has 1 aromatic heterocycles. The van der Waals surface area contributed by atoms with Gasteiger partial charge in [0.1, 0.15) is 5.75 Å². The second kappa shape index (κ2) is 6.91. The summed E-state index contributed by atoms with van der Waals surface area (Å²) in [5, 5.41) is 0.703. The highest BCUT2D eigenvalue weighted by atomic mass is 32.1. The summed E-state index contributed by atoms with van der Waals surface area (Å²) in [6, 6.07) is 17.4. The monoisotopic (exact) mass is 338 g/mol. The number of ether oxygens (including phenoxy) is 1. The summed E-state index contributed by atoms with van der Waals surface area (Å²) in [5.74, 6) is 0.853. The molecule has 0 N–H and O–H groups in total. The Labute approximate surface area is 146 Å². The van der Waals surface area contributed by atoms with Crippen LogP contribution in [0.2, 0.25) is 0 Å². The first-order valence-electron chi connectivity index (χ1n) is 8.68. The average molecular weight is 338 g/mol. The van der Waals surface area contributed by atoms with E-state index in [9.17, 15) is 0 Å². The predicted octanol–water partition coefficient (Wildman–Crippen LogP) is 5.46. The summed E-state index contributed by atoms with van der Waals surface area (Å²) >= 11 is 1.58. The minimum atomic E-state index is 0.703. The van der Waals surface area contributed by atoms with E-state index in [1.807, 2.05) is 18.2 Å². The lowest BCUT2D eigenvalue weighted by Gasteiger charge is -2.21. The second-order valence-corrected chi connectivity index (χ2v) is 7.39. The van der Waals surface area contributed by atoms with Crippen LogP contribution in [0.1, 0.15) is 31.7 Å². The van der Waals surface area contributed by atoms with Gasteiger partial charge in [-0.2, -0.15) is 0 Å². The molecule has 4 rings (SSSR count). The fourth-order valence-electron chi connectivity index (χ4n) is 3.01. The van der Waals surface area contributed by atoms with E-state index < -0.39 is 0 Å². The van der Waals surface area contributed by atoms with Gasteiger partial charge in [0.2, 0.25) is 0 Å². The molecule has 0 unspecified atom stereocenters. The molecule has 0 bridgehead atoms. The first-order valence-corrected chi connectivity index (χ1v) is 9.50. The lowest BCUT2D eigenvalue weighted by Crippen LogP contribution is -2.26. The molecule has 0 spiro atoms. The number of rotatable bonds is 7. The molecule has 1 aliphatic rings. The maximum Gasteiger partial charge on any atom is 0.279 e. The van der Waals surface area contributed by atoms with E-state index in [0.717, 1.165) is 28.6 Å². The summed E-state index contributed by atoms with van der Waals surface area (Å²) < 4.78 is 7.08. The van der Waals surface area contributed by atoms with Gasteiger partial charge in [-0.25, -0.2) is 4.98 Å². The van der Waals surface area contributed by atoms with E-state index in [1.54, 1.807) is 11.3 Å². The molecule has 2 aromatic carbocycles. The van der Waals surface area contributed by atoms with Crippen molar-refractivity contribution >= 4 is 21.6 Å². The van der Waals surface area contributed by atoms with Crippen LogP contribution in [0.15, 0.2) is 48.5 Å². The summed E-state index contributed by atoms with van der Waals surface area (Å²) in [7, 11) is 0. The Morgan fingerprint density at radius 3 is 2.62 bits per heavy atom. The minimum Gasteiger partial charge on any atom is -0.431 e. The van der Waals surface area contributed by atoms with E-state index in [2.05, 4.69) is 47.1 Å². The fraction of sp³-hybridized carbons (Fsp3) is 0.350. The summed E-state index contributed by atoms with van der Waals surface area (Å²) in [5.41, 5.74) is 2.35. The molecule has 3 aromatic rings. The SMILES string of the molecule is CCCN(Cc1ccc(Oc2nc3ccccc3s2)cc1)C1CC1. The molecule has 0 atom stereocenters. The summed E-state index contributed by atoms with van der Waals surface area (Å²) in [4.78, 5) is 7.12. The number of benzene rings is 2. The van der Waals surface area contributed by atoms with Crippen LogP contribution >= 0.6 is 11.3 Å². The Bertz CT molecular complexity index is 775. The van der Waals surface area contributed by atoms with Crippen LogP contribution in [0.25, 0.3) is 10.2 Å². The van der Waals surface area contributed by atoms with E-state index >= 15 is 0 Å². The molecule has 0 saturated heterocycles. The molecule has 0 radical (unpaired) electrons. The number of hydrogen-bond acceptors (Lipinski definition) is 4. The number of fused-ring (bicyclic) bond motifs is 1. The first-order chi connectivity index (χ1) is 11.8. The van der Waals surface area contributed by atoms with Crippen molar-refractivity contribution in [2.75, 3.05) is 6.54 Å². The molecule has 1 aliphatic carbocycles. The van der Waals surface area contributed by atoms with Crippen molar-refractivity contribution in [3.05, 3.63) is 54.1 Å². The zero-order valence-electron chi connectivity index (χ0n) is 13.9. The van der Waals surface area contributed by atoms with E-state index in [-0.39, 0.29) is 0 Å². The Balaban J connectivity index is 1.43. The highest BCUT2D eigenvalue weighted by Crippen LogP contribution is 2.32. The van der Waals surface area contributed by atoms with Gasteiger partial charge in [0.15, 0.2) is 0 Å². The third kappa shape index (κ3) is 3.60. The number of nitrogens with zero attached hydrogens (tertiary/aromatic N) is 2. The Morgan fingerprint density at radius 1 is 1.12 bits per heavy atom. The number of hydrogen-bond donors (Lipinski definition) is 0. The van der Waals surface area contributed by atoms with Crippen LogP contribution in [0, 0.1) is 0 Å². The molecular formula is C20H22N2OS. The van der Waals surface area contributed by atoms with Gasteiger partial charge in [-0.15, -0.1) is 0 Å². The normalized spacial score (nSPS) is 14.4.